The maximum Gasteiger partial charge on any atom is 0.297 e. The van der Waals surface area contributed by atoms with Crippen molar-refractivity contribution in [2.75, 3.05) is 27.4 Å². The number of ether oxygens (including phenoxy) is 2. The Morgan fingerprint density at radius 3 is 2.18 bits per heavy atom. The maximum atomic E-state index is 14.1. The first kappa shape index (κ1) is 32.8. The zero-order chi connectivity index (χ0) is 32.4. The molecule has 0 saturated carbocycles. The highest BCUT2D eigenvalue weighted by Crippen LogP contribution is 2.47. The lowest BCUT2D eigenvalue weighted by Gasteiger charge is -2.39. The van der Waals surface area contributed by atoms with Gasteiger partial charge in [0.15, 0.2) is 0 Å². The minimum absolute atomic E-state index is 0.0564. The number of aryl methyl sites for hydroxylation is 1. The number of likely N-dealkylation sites (tertiary alicyclic amines) is 1. The molecule has 1 unspecified atom stereocenters. The fourth-order valence-electron chi connectivity index (χ4n) is 5.75. The van der Waals surface area contributed by atoms with E-state index in [2.05, 4.69) is 0 Å². The fourth-order valence-corrected chi connectivity index (χ4v) is 7.08. The molecule has 45 heavy (non-hydrogen) atoms. The third kappa shape index (κ3) is 6.99. The van der Waals surface area contributed by atoms with Crippen molar-refractivity contribution >= 4 is 39.2 Å². The lowest BCUT2D eigenvalue weighted by atomic mass is 9.81. The molecule has 0 aliphatic carbocycles. The second kappa shape index (κ2) is 13.4. The van der Waals surface area contributed by atoms with Crippen LogP contribution in [0.2, 0.25) is 10.0 Å². The van der Waals surface area contributed by atoms with Gasteiger partial charge in [-0.05, 0) is 74.2 Å². The third-order valence-corrected chi connectivity index (χ3v) is 9.96. The minimum Gasteiger partial charge on any atom is -0.496 e. The average Bonchev–Trinajstić information content (AvgIpc) is 3.02. The molecule has 0 aromatic heterocycles. The van der Waals surface area contributed by atoms with Gasteiger partial charge in [-0.3, -0.25) is 8.98 Å². The van der Waals surface area contributed by atoms with Crippen molar-refractivity contribution in [2.45, 2.75) is 38.1 Å². The van der Waals surface area contributed by atoms with Gasteiger partial charge in [-0.15, -0.1) is 0 Å². The molecule has 4 aromatic rings. The van der Waals surface area contributed by atoms with Gasteiger partial charge in [0.1, 0.15) is 11.5 Å². The Bertz CT molecular complexity index is 1810. The van der Waals surface area contributed by atoms with Gasteiger partial charge >= 0.3 is 0 Å². The third-order valence-electron chi connectivity index (χ3n) is 8.20. The first-order chi connectivity index (χ1) is 21.5. The van der Waals surface area contributed by atoms with E-state index in [1.54, 1.807) is 44.2 Å². The Morgan fingerprint density at radius 1 is 0.844 bits per heavy atom. The van der Waals surface area contributed by atoms with Crippen molar-refractivity contribution < 1.29 is 26.9 Å². The second-order valence-corrected chi connectivity index (χ2v) is 13.9. The molecule has 0 N–H and O–H groups in total. The van der Waals surface area contributed by atoms with Crippen LogP contribution in [-0.4, -0.2) is 46.6 Å². The number of amides is 1. The number of nitrogens with zero attached hydrogens (tertiary/aromatic N) is 1. The lowest BCUT2D eigenvalue weighted by Crippen LogP contribution is -2.49. The Kier molecular flexibility index (Phi) is 9.80. The Hall–Kier alpha value is -3.56. The summed E-state index contributed by atoms with van der Waals surface area (Å²) in [6.07, 6.45) is 1.16. The van der Waals surface area contributed by atoms with E-state index in [-0.39, 0.29) is 24.0 Å². The summed E-state index contributed by atoms with van der Waals surface area (Å²) in [5.41, 5.74) is 3.93. The van der Waals surface area contributed by atoms with Crippen LogP contribution in [-0.2, 0) is 25.6 Å². The molecule has 1 amide bonds. The summed E-state index contributed by atoms with van der Waals surface area (Å²) < 4.78 is 43.2. The smallest absolute Gasteiger partial charge is 0.297 e. The molecule has 1 aliphatic rings. The summed E-state index contributed by atoms with van der Waals surface area (Å²) >= 11 is 12.7. The van der Waals surface area contributed by atoms with E-state index < -0.39 is 15.5 Å². The summed E-state index contributed by atoms with van der Waals surface area (Å²) in [5.74, 6) is 0.922. The average molecular weight is 669 g/mol. The van der Waals surface area contributed by atoms with Crippen LogP contribution >= 0.6 is 23.2 Å². The van der Waals surface area contributed by atoms with E-state index in [1.165, 1.54) is 12.1 Å². The van der Waals surface area contributed by atoms with Crippen molar-refractivity contribution in [1.29, 1.82) is 0 Å². The van der Waals surface area contributed by atoms with Crippen molar-refractivity contribution in [3.8, 4) is 33.8 Å². The Morgan fingerprint density at radius 2 is 1.53 bits per heavy atom. The highest BCUT2D eigenvalue weighted by atomic mass is 35.5. The largest absolute Gasteiger partial charge is 0.496 e. The topological polar surface area (TPSA) is 82.1 Å². The van der Waals surface area contributed by atoms with E-state index in [9.17, 15) is 13.2 Å². The van der Waals surface area contributed by atoms with E-state index in [0.29, 0.717) is 40.9 Å². The molecule has 236 valence electrons. The van der Waals surface area contributed by atoms with E-state index >= 15 is 0 Å². The predicted octanol–water partition coefficient (Wildman–Crippen LogP) is 8.19. The van der Waals surface area contributed by atoms with Crippen LogP contribution in [0.1, 0.15) is 30.9 Å². The number of hydrogen-bond donors (Lipinski definition) is 0. The molecule has 1 heterocycles. The quantitative estimate of drug-likeness (QED) is 0.159. The van der Waals surface area contributed by atoms with Crippen LogP contribution in [0.4, 0.5) is 0 Å². The maximum absolute atomic E-state index is 14.1. The van der Waals surface area contributed by atoms with E-state index in [0.717, 1.165) is 33.4 Å². The second-order valence-electron chi connectivity index (χ2n) is 11.4. The van der Waals surface area contributed by atoms with Gasteiger partial charge in [-0.2, -0.15) is 8.42 Å². The fraction of sp³-hybridized carbons (Fsp3) is 0.286. The van der Waals surface area contributed by atoms with Crippen LogP contribution in [0.5, 0.6) is 11.5 Å². The highest BCUT2D eigenvalue weighted by Gasteiger charge is 2.42. The lowest BCUT2D eigenvalue weighted by molar-refractivity contribution is -0.147. The molecule has 0 bridgehead atoms. The zero-order valence-electron chi connectivity index (χ0n) is 25.6. The molecule has 5 rings (SSSR count). The molecular weight excluding hydrogens is 633 g/mol. The number of rotatable bonds is 10. The molecule has 7 nitrogen and oxygen atoms in total. The van der Waals surface area contributed by atoms with Crippen LogP contribution in [0.15, 0.2) is 83.8 Å². The number of methoxy groups -OCH3 is 2. The number of carbonyl (C=O) groups excluding carboxylic acids is 1. The molecule has 0 spiro atoms. The van der Waals surface area contributed by atoms with Crippen molar-refractivity contribution in [1.82, 2.24) is 4.90 Å². The highest BCUT2D eigenvalue weighted by molar-refractivity contribution is 7.86. The standard InChI is InChI=1S/C35H35Cl2NO6S/c1-23-9-15-28(16-10-23)45(40,41)44-22-35(2)17-6-18-38(34(35)39)21-29-30(42-3)20-31(43-4)33(25-7-5-8-27(37)19-25)32(29)24-11-13-26(36)14-12-24/h5,7-16,19-20H,6,17-18,21-22H2,1-4H3. The normalized spacial score (nSPS) is 16.9. The van der Waals surface area contributed by atoms with Crippen molar-refractivity contribution in [3.63, 3.8) is 0 Å². The van der Waals surface area contributed by atoms with Gasteiger partial charge in [0.2, 0.25) is 5.91 Å². The molecule has 1 fully saturated rings. The van der Waals surface area contributed by atoms with Crippen LogP contribution in [0.3, 0.4) is 0 Å². The van der Waals surface area contributed by atoms with Gasteiger partial charge in [-0.25, -0.2) is 0 Å². The van der Waals surface area contributed by atoms with Gasteiger partial charge in [-0.1, -0.05) is 65.2 Å². The van der Waals surface area contributed by atoms with Crippen LogP contribution < -0.4 is 9.47 Å². The predicted molar refractivity (Wildman–Crippen MR) is 178 cm³/mol. The molecule has 1 saturated heterocycles. The first-order valence-corrected chi connectivity index (χ1v) is 16.7. The number of carbonyl (C=O) groups is 1. The Labute approximate surface area is 274 Å². The monoisotopic (exact) mass is 667 g/mol. The summed E-state index contributed by atoms with van der Waals surface area (Å²) in [4.78, 5) is 15.9. The van der Waals surface area contributed by atoms with Crippen molar-refractivity contribution in [3.05, 3.63) is 100 Å². The van der Waals surface area contributed by atoms with Crippen LogP contribution in [0.25, 0.3) is 22.3 Å². The number of halogens is 2. The summed E-state index contributed by atoms with van der Waals surface area (Å²) in [5, 5.41) is 1.15. The SMILES string of the molecule is COc1cc(OC)c(-c2cccc(Cl)c2)c(-c2ccc(Cl)cc2)c1CN1CCCC(C)(COS(=O)(=O)c2ccc(C)cc2)C1=O. The Balaban J connectivity index is 1.55. The zero-order valence-corrected chi connectivity index (χ0v) is 27.9. The van der Waals surface area contributed by atoms with E-state index in [1.807, 2.05) is 55.5 Å². The van der Waals surface area contributed by atoms with Gasteiger partial charge in [0, 0.05) is 45.9 Å². The van der Waals surface area contributed by atoms with E-state index in [4.69, 9.17) is 36.9 Å². The minimum atomic E-state index is -4.04. The van der Waals surface area contributed by atoms with Gasteiger partial charge in [0.25, 0.3) is 10.1 Å². The first-order valence-electron chi connectivity index (χ1n) is 14.5. The van der Waals surface area contributed by atoms with Crippen LogP contribution in [0, 0.1) is 12.3 Å². The molecular formula is C35H35Cl2NO6S. The summed E-state index contributed by atoms with van der Waals surface area (Å²) in [6.45, 7) is 4.06. The van der Waals surface area contributed by atoms with Crippen molar-refractivity contribution in [2.24, 2.45) is 5.41 Å². The number of piperidine rings is 1. The number of benzene rings is 4. The molecule has 1 aliphatic heterocycles. The molecule has 4 aromatic carbocycles. The molecule has 1 atom stereocenters. The van der Waals surface area contributed by atoms with Gasteiger partial charge in [0.05, 0.1) is 31.1 Å². The molecule has 0 radical (unpaired) electrons. The number of hydrogen-bond acceptors (Lipinski definition) is 6. The molecule has 10 heteroatoms. The summed E-state index contributed by atoms with van der Waals surface area (Å²) in [7, 11) is -0.871. The summed E-state index contributed by atoms with van der Waals surface area (Å²) in [6, 6.07) is 23.2. The van der Waals surface area contributed by atoms with Gasteiger partial charge < -0.3 is 14.4 Å².